The van der Waals surface area contributed by atoms with Crippen molar-refractivity contribution in [2.45, 2.75) is 12.3 Å². The van der Waals surface area contributed by atoms with Crippen molar-refractivity contribution in [2.75, 3.05) is 47.5 Å². The molecule has 2 fully saturated rings. The van der Waals surface area contributed by atoms with Gasteiger partial charge in [-0.1, -0.05) is 12.1 Å². The summed E-state index contributed by atoms with van der Waals surface area (Å²) in [5, 5.41) is 0. The molecule has 2 atom stereocenters. The van der Waals surface area contributed by atoms with E-state index in [0.29, 0.717) is 49.0 Å². The fourth-order valence-corrected chi connectivity index (χ4v) is 4.30. The molecule has 170 valence electrons. The maximum Gasteiger partial charge on any atom is 0.254 e. The van der Waals surface area contributed by atoms with Crippen molar-refractivity contribution in [1.29, 1.82) is 0 Å². The van der Waals surface area contributed by atoms with Gasteiger partial charge in [-0.2, -0.15) is 0 Å². The van der Waals surface area contributed by atoms with Gasteiger partial charge in [-0.3, -0.25) is 9.59 Å². The molecule has 2 aromatic rings. The topological polar surface area (TPSA) is 68.3 Å². The molecule has 1 aliphatic carbocycles. The number of piperazine rings is 1. The number of halogens is 1. The van der Waals surface area contributed by atoms with Gasteiger partial charge in [-0.05, 0) is 42.2 Å². The van der Waals surface area contributed by atoms with Crippen molar-refractivity contribution >= 4 is 11.8 Å². The lowest BCUT2D eigenvalue weighted by Crippen LogP contribution is -2.51. The van der Waals surface area contributed by atoms with E-state index in [4.69, 9.17) is 14.2 Å². The second kappa shape index (κ2) is 9.06. The molecule has 8 heteroatoms. The Kier molecular flexibility index (Phi) is 6.21. The van der Waals surface area contributed by atoms with Crippen LogP contribution in [0.3, 0.4) is 0 Å². The Labute approximate surface area is 186 Å². The molecule has 7 nitrogen and oxygen atoms in total. The minimum atomic E-state index is -0.273. The van der Waals surface area contributed by atoms with E-state index in [1.165, 1.54) is 33.5 Å². The molecule has 1 saturated heterocycles. The first-order chi connectivity index (χ1) is 15.5. The monoisotopic (exact) mass is 442 g/mol. The van der Waals surface area contributed by atoms with Crippen molar-refractivity contribution < 1.29 is 28.2 Å². The summed E-state index contributed by atoms with van der Waals surface area (Å²) in [6.07, 6.45) is 0.787. The van der Waals surface area contributed by atoms with Crippen molar-refractivity contribution in [3.05, 3.63) is 53.3 Å². The van der Waals surface area contributed by atoms with Gasteiger partial charge >= 0.3 is 0 Å². The van der Waals surface area contributed by atoms with E-state index < -0.39 is 0 Å². The van der Waals surface area contributed by atoms with Crippen LogP contribution in [0.2, 0.25) is 0 Å². The Morgan fingerprint density at radius 1 is 0.875 bits per heavy atom. The first kappa shape index (κ1) is 21.9. The Hall–Kier alpha value is -3.29. The number of benzene rings is 2. The number of nitrogens with zero attached hydrogens (tertiary/aromatic N) is 2. The zero-order valence-corrected chi connectivity index (χ0v) is 18.5. The number of amides is 2. The number of hydrogen-bond donors (Lipinski definition) is 0. The second-order valence-corrected chi connectivity index (χ2v) is 8.03. The molecule has 1 heterocycles. The van der Waals surface area contributed by atoms with E-state index >= 15 is 0 Å². The Morgan fingerprint density at radius 3 is 1.97 bits per heavy atom. The molecule has 0 bridgehead atoms. The van der Waals surface area contributed by atoms with E-state index in [1.807, 2.05) is 4.90 Å². The highest BCUT2D eigenvalue weighted by molar-refractivity contribution is 5.96. The number of rotatable bonds is 6. The highest BCUT2D eigenvalue weighted by Crippen LogP contribution is 2.48. The zero-order valence-electron chi connectivity index (χ0n) is 18.5. The van der Waals surface area contributed by atoms with Crippen LogP contribution in [0.1, 0.15) is 28.3 Å². The van der Waals surface area contributed by atoms with Gasteiger partial charge in [0, 0.05) is 37.7 Å². The van der Waals surface area contributed by atoms with Crippen LogP contribution in [0.25, 0.3) is 0 Å². The summed E-state index contributed by atoms with van der Waals surface area (Å²) in [6.45, 7) is 1.88. The smallest absolute Gasteiger partial charge is 0.254 e. The third-order valence-electron chi connectivity index (χ3n) is 6.20. The molecule has 32 heavy (non-hydrogen) atoms. The average molecular weight is 442 g/mol. The SMILES string of the molecule is COc1cc(C(=O)N2CCN(C(=O)C3CC3c3ccc(F)cc3)CC2)cc(OC)c1OC. The molecule has 0 spiro atoms. The average Bonchev–Trinajstić information content (AvgIpc) is 3.63. The first-order valence-electron chi connectivity index (χ1n) is 10.6. The standard InChI is InChI=1S/C24H27FN2O5/c1-30-20-12-16(13-21(31-2)22(20)32-3)23(28)26-8-10-27(11-9-26)24(29)19-14-18(19)15-4-6-17(25)7-5-15/h4-7,12-13,18-19H,8-11,14H2,1-3H3. The van der Waals surface area contributed by atoms with Gasteiger partial charge in [0.1, 0.15) is 5.82 Å². The van der Waals surface area contributed by atoms with Crippen LogP contribution in [0, 0.1) is 11.7 Å². The minimum Gasteiger partial charge on any atom is -0.493 e. The number of methoxy groups -OCH3 is 3. The number of carbonyl (C=O) groups is 2. The number of hydrogen-bond acceptors (Lipinski definition) is 5. The molecule has 0 radical (unpaired) electrons. The molecule has 2 amide bonds. The van der Waals surface area contributed by atoms with Crippen LogP contribution in [0.15, 0.2) is 36.4 Å². The maximum atomic E-state index is 13.1. The van der Waals surface area contributed by atoms with Gasteiger partial charge in [0.15, 0.2) is 11.5 Å². The van der Waals surface area contributed by atoms with Crippen LogP contribution in [0.5, 0.6) is 17.2 Å². The highest BCUT2D eigenvalue weighted by atomic mass is 19.1. The Bertz CT molecular complexity index is 977. The summed E-state index contributed by atoms with van der Waals surface area (Å²) < 4.78 is 29.1. The molecule has 2 aliphatic rings. The Balaban J connectivity index is 1.37. The summed E-state index contributed by atoms with van der Waals surface area (Å²) in [7, 11) is 4.53. The molecule has 1 saturated carbocycles. The molecule has 1 aliphatic heterocycles. The fourth-order valence-electron chi connectivity index (χ4n) is 4.30. The summed E-state index contributed by atoms with van der Waals surface area (Å²) in [6, 6.07) is 9.64. The van der Waals surface area contributed by atoms with Crippen molar-refractivity contribution in [1.82, 2.24) is 9.80 Å². The molecule has 0 aromatic heterocycles. The lowest BCUT2D eigenvalue weighted by Gasteiger charge is -2.35. The zero-order chi connectivity index (χ0) is 22.8. The van der Waals surface area contributed by atoms with Gasteiger partial charge in [-0.15, -0.1) is 0 Å². The lowest BCUT2D eigenvalue weighted by atomic mass is 10.1. The van der Waals surface area contributed by atoms with Crippen LogP contribution in [-0.4, -0.2) is 69.1 Å². The van der Waals surface area contributed by atoms with Crippen LogP contribution in [-0.2, 0) is 4.79 Å². The molecule has 0 N–H and O–H groups in total. The summed E-state index contributed by atoms with van der Waals surface area (Å²) in [4.78, 5) is 29.5. The first-order valence-corrected chi connectivity index (χ1v) is 10.6. The predicted octanol–water partition coefficient (Wildman–Crippen LogP) is 2.94. The lowest BCUT2D eigenvalue weighted by molar-refractivity contribution is -0.134. The Morgan fingerprint density at radius 2 is 1.44 bits per heavy atom. The number of ether oxygens (including phenoxy) is 3. The molecule has 2 unspecified atom stereocenters. The summed E-state index contributed by atoms with van der Waals surface area (Å²) in [5.74, 6) is 1.06. The third-order valence-corrected chi connectivity index (χ3v) is 6.20. The van der Waals surface area contributed by atoms with E-state index in [-0.39, 0.29) is 29.5 Å². The summed E-state index contributed by atoms with van der Waals surface area (Å²) >= 11 is 0. The fraction of sp³-hybridized carbons (Fsp3) is 0.417. The van der Waals surface area contributed by atoms with Gasteiger partial charge in [0.2, 0.25) is 11.7 Å². The summed E-state index contributed by atoms with van der Waals surface area (Å²) in [5.41, 5.74) is 1.44. The molecular weight excluding hydrogens is 415 g/mol. The van der Waals surface area contributed by atoms with Crippen LogP contribution < -0.4 is 14.2 Å². The van der Waals surface area contributed by atoms with Gasteiger partial charge < -0.3 is 24.0 Å². The quantitative estimate of drug-likeness (QED) is 0.688. The van der Waals surface area contributed by atoms with E-state index in [1.54, 1.807) is 29.2 Å². The van der Waals surface area contributed by atoms with Crippen molar-refractivity contribution in [3.8, 4) is 17.2 Å². The van der Waals surface area contributed by atoms with Crippen molar-refractivity contribution in [2.24, 2.45) is 5.92 Å². The van der Waals surface area contributed by atoms with E-state index in [0.717, 1.165) is 12.0 Å². The maximum absolute atomic E-state index is 13.1. The molecule has 4 rings (SSSR count). The van der Waals surface area contributed by atoms with Gasteiger partial charge in [-0.25, -0.2) is 4.39 Å². The number of carbonyl (C=O) groups excluding carboxylic acids is 2. The molecular formula is C24H27FN2O5. The van der Waals surface area contributed by atoms with Gasteiger partial charge in [0.05, 0.1) is 21.3 Å². The largest absolute Gasteiger partial charge is 0.493 e. The van der Waals surface area contributed by atoms with Gasteiger partial charge in [0.25, 0.3) is 5.91 Å². The van der Waals surface area contributed by atoms with Crippen LogP contribution >= 0.6 is 0 Å². The normalized spacial score (nSPS) is 20.0. The predicted molar refractivity (Wildman–Crippen MR) is 116 cm³/mol. The van der Waals surface area contributed by atoms with E-state index in [2.05, 4.69) is 0 Å². The minimum absolute atomic E-state index is 0.0576. The molecule has 2 aromatic carbocycles. The van der Waals surface area contributed by atoms with Crippen LogP contribution in [0.4, 0.5) is 4.39 Å². The third kappa shape index (κ3) is 4.22. The highest BCUT2D eigenvalue weighted by Gasteiger charge is 2.46. The van der Waals surface area contributed by atoms with Crippen molar-refractivity contribution in [3.63, 3.8) is 0 Å². The van der Waals surface area contributed by atoms with E-state index in [9.17, 15) is 14.0 Å². The second-order valence-electron chi connectivity index (χ2n) is 8.03.